The highest BCUT2D eigenvalue weighted by Crippen LogP contribution is 2.24. The Morgan fingerprint density at radius 3 is 2.65 bits per heavy atom. The molecule has 4 nitrogen and oxygen atoms in total. The number of benzene rings is 1. The zero-order valence-corrected chi connectivity index (χ0v) is 11.5. The molecule has 2 aromatic rings. The second-order valence-electron chi connectivity index (χ2n) is 5.34. The molecule has 0 aliphatic carbocycles. The number of likely N-dealkylation sites (tertiary alicyclic amines) is 1. The van der Waals surface area contributed by atoms with Crippen molar-refractivity contribution in [1.82, 2.24) is 14.5 Å². The lowest BCUT2D eigenvalue weighted by atomic mass is 10.0. The average Bonchev–Trinajstić information content (AvgIpc) is 2.98. The van der Waals surface area contributed by atoms with Crippen LogP contribution in [0.3, 0.4) is 0 Å². The van der Waals surface area contributed by atoms with Gasteiger partial charge in [-0.05, 0) is 18.4 Å². The standard InChI is InChI=1S/C16H19N3O/c20-12-16-10-17-13-19(16)15-6-8-18(9-7-15)11-14-4-2-1-3-5-14/h1-5,10,12-13,15H,6-9,11H2. The molecule has 1 fully saturated rings. The van der Waals surface area contributed by atoms with Crippen LogP contribution in [-0.2, 0) is 6.54 Å². The van der Waals surface area contributed by atoms with Crippen molar-refractivity contribution >= 4 is 6.29 Å². The summed E-state index contributed by atoms with van der Waals surface area (Å²) in [4.78, 5) is 17.5. The second kappa shape index (κ2) is 6.01. The van der Waals surface area contributed by atoms with E-state index in [2.05, 4.69) is 40.2 Å². The number of rotatable bonds is 4. The maximum absolute atomic E-state index is 11.0. The van der Waals surface area contributed by atoms with Crippen molar-refractivity contribution in [1.29, 1.82) is 0 Å². The third kappa shape index (κ3) is 2.80. The Morgan fingerprint density at radius 1 is 1.20 bits per heavy atom. The first kappa shape index (κ1) is 13.1. The normalized spacial score (nSPS) is 17.2. The molecule has 1 saturated heterocycles. The fraction of sp³-hybridized carbons (Fsp3) is 0.375. The van der Waals surface area contributed by atoms with Gasteiger partial charge in [0, 0.05) is 25.7 Å². The summed E-state index contributed by atoms with van der Waals surface area (Å²) in [5, 5.41) is 0. The first-order chi connectivity index (χ1) is 9.86. The minimum absolute atomic E-state index is 0.407. The van der Waals surface area contributed by atoms with Crippen LogP contribution in [0.4, 0.5) is 0 Å². The van der Waals surface area contributed by atoms with E-state index in [9.17, 15) is 4.79 Å². The number of nitrogens with zero attached hydrogens (tertiary/aromatic N) is 3. The molecule has 20 heavy (non-hydrogen) atoms. The van der Waals surface area contributed by atoms with Crippen LogP contribution in [-0.4, -0.2) is 33.8 Å². The molecule has 0 spiro atoms. The molecule has 0 saturated carbocycles. The van der Waals surface area contributed by atoms with Crippen molar-refractivity contribution in [2.75, 3.05) is 13.1 Å². The highest BCUT2D eigenvalue weighted by Gasteiger charge is 2.21. The predicted molar refractivity (Wildman–Crippen MR) is 77.6 cm³/mol. The van der Waals surface area contributed by atoms with E-state index in [0.29, 0.717) is 11.7 Å². The fourth-order valence-electron chi connectivity index (χ4n) is 2.91. The molecule has 0 radical (unpaired) electrons. The predicted octanol–water partition coefficient (Wildman–Crippen LogP) is 2.53. The summed E-state index contributed by atoms with van der Waals surface area (Å²) in [6.45, 7) is 3.14. The third-order valence-electron chi connectivity index (χ3n) is 4.02. The summed E-state index contributed by atoms with van der Waals surface area (Å²) in [7, 11) is 0. The summed E-state index contributed by atoms with van der Waals surface area (Å²) in [6.07, 6.45) is 6.46. The van der Waals surface area contributed by atoms with Crippen LogP contribution < -0.4 is 0 Å². The molecule has 2 heterocycles. The van der Waals surface area contributed by atoms with Gasteiger partial charge < -0.3 is 4.57 Å². The minimum atomic E-state index is 0.407. The number of carbonyl (C=O) groups is 1. The molecule has 1 aromatic carbocycles. The van der Waals surface area contributed by atoms with Gasteiger partial charge in [0.1, 0.15) is 5.69 Å². The van der Waals surface area contributed by atoms with E-state index in [4.69, 9.17) is 0 Å². The van der Waals surface area contributed by atoms with Gasteiger partial charge in [-0.15, -0.1) is 0 Å². The fourth-order valence-corrected chi connectivity index (χ4v) is 2.91. The quantitative estimate of drug-likeness (QED) is 0.801. The van der Waals surface area contributed by atoms with Gasteiger partial charge in [0.15, 0.2) is 6.29 Å². The highest BCUT2D eigenvalue weighted by molar-refractivity contribution is 5.71. The van der Waals surface area contributed by atoms with E-state index in [1.807, 2.05) is 4.57 Å². The van der Waals surface area contributed by atoms with Gasteiger partial charge in [-0.1, -0.05) is 30.3 Å². The SMILES string of the molecule is O=Cc1cncn1C1CCN(Cc2ccccc2)CC1. The number of hydrogen-bond donors (Lipinski definition) is 0. The summed E-state index contributed by atoms with van der Waals surface area (Å²) < 4.78 is 2.02. The van der Waals surface area contributed by atoms with E-state index in [1.54, 1.807) is 12.5 Å². The van der Waals surface area contributed by atoms with Gasteiger partial charge in [0.05, 0.1) is 12.5 Å². The first-order valence-corrected chi connectivity index (χ1v) is 7.10. The van der Waals surface area contributed by atoms with E-state index in [1.165, 1.54) is 5.56 Å². The van der Waals surface area contributed by atoms with Crippen LogP contribution in [0.2, 0.25) is 0 Å². The Bertz CT molecular complexity index is 556. The molecular formula is C16H19N3O. The monoisotopic (exact) mass is 269 g/mol. The summed E-state index contributed by atoms with van der Waals surface area (Å²) >= 11 is 0. The zero-order valence-electron chi connectivity index (χ0n) is 11.5. The molecule has 0 amide bonds. The van der Waals surface area contributed by atoms with Crippen molar-refractivity contribution in [3.8, 4) is 0 Å². The number of carbonyl (C=O) groups excluding carboxylic acids is 1. The van der Waals surface area contributed by atoms with Gasteiger partial charge in [-0.25, -0.2) is 4.98 Å². The summed E-state index contributed by atoms with van der Waals surface area (Å²) in [6, 6.07) is 11.0. The Labute approximate surface area is 119 Å². The highest BCUT2D eigenvalue weighted by atomic mass is 16.1. The maximum Gasteiger partial charge on any atom is 0.168 e. The molecule has 4 heteroatoms. The molecule has 1 aliphatic rings. The Hall–Kier alpha value is -1.94. The van der Waals surface area contributed by atoms with Crippen LogP contribution in [0.1, 0.15) is 34.9 Å². The third-order valence-corrected chi connectivity index (χ3v) is 4.02. The smallest absolute Gasteiger partial charge is 0.168 e. The molecule has 0 N–H and O–H groups in total. The van der Waals surface area contributed by atoms with E-state index < -0.39 is 0 Å². The number of imidazole rings is 1. The van der Waals surface area contributed by atoms with Gasteiger partial charge in [0.2, 0.25) is 0 Å². The van der Waals surface area contributed by atoms with Gasteiger partial charge >= 0.3 is 0 Å². The van der Waals surface area contributed by atoms with Gasteiger partial charge in [-0.3, -0.25) is 9.69 Å². The van der Waals surface area contributed by atoms with Crippen molar-refractivity contribution < 1.29 is 4.79 Å². The molecule has 3 rings (SSSR count). The van der Waals surface area contributed by atoms with Crippen LogP contribution >= 0.6 is 0 Å². The molecule has 0 unspecified atom stereocenters. The number of aldehydes is 1. The van der Waals surface area contributed by atoms with Crippen LogP contribution in [0, 0.1) is 0 Å². The lowest BCUT2D eigenvalue weighted by Gasteiger charge is -2.32. The van der Waals surface area contributed by atoms with Gasteiger partial charge in [0.25, 0.3) is 0 Å². The molecule has 1 aromatic heterocycles. The van der Waals surface area contributed by atoms with Crippen molar-refractivity contribution in [3.63, 3.8) is 0 Å². The molecule has 104 valence electrons. The Morgan fingerprint density at radius 2 is 1.95 bits per heavy atom. The van der Waals surface area contributed by atoms with Crippen LogP contribution in [0.25, 0.3) is 0 Å². The molecule has 1 aliphatic heterocycles. The van der Waals surface area contributed by atoms with E-state index in [0.717, 1.165) is 38.8 Å². The van der Waals surface area contributed by atoms with Crippen molar-refractivity contribution in [3.05, 3.63) is 54.1 Å². The lowest BCUT2D eigenvalue weighted by molar-refractivity contribution is 0.110. The maximum atomic E-state index is 11.0. The molecule has 0 atom stereocenters. The first-order valence-electron chi connectivity index (χ1n) is 7.10. The number of piperidine rings is 1. The van der Waals surface area contributed by atoms with Crippen LogP contribution in [0.15, 0.2) is 42.9 Å². The summed E-state index contributed by atoms with van der Waals surface area (Å²) in [5.74, 6) is 0. The zero-order chi connectivity index (χ0) is 13.8. The Balaban J connectivity index is 1.58. The average molecular weight is 269 g/mol. The van der Waals surface area contributed by atoms with Crippen LogP contribution in [0.5, 0.6) is 0 Å². The lowest BCUT2D eigenvalue weighted by Crippen LogP contribution is -2.34. The topological polar surface area (TPSA) is 38.1 Å². The van der Waals surface area contributed by atoms with E-state index in [-0.39, 0.29) is 0 Å². The van der Waals surface area contributed by atoms with Crippen molar-refractivity contribution in [2.45, 2.75) is 25.4 Å². The second-order valence-corrected chi connectivity index (χ2v) is 5.34. The minimum Gasteiger partial charge on any atom is -0.325 e. The molecular weight excluding hydrogens is 250 g/mol. The number of hydrogen-bond acceptors (Lipinski definition) is 3. The van der Waals surface area contributed by atoms with Crippen molar-refractivity contribution in [2.24, 2.45) is 0 Å². The van der Waals surface area contributed by atoms with Gasteiger partial charge in [-0.2, -0.15) is 0 Å². The van der Waals surface area contributed by atoms with E-state index >= 15 is 0 Å². The largest absolute Gasteiger partial charge is 0.325 e. The number of aromatic nitrogens is 2. The summed E-state index contributed by atoms with van der Waals surface area (Å²) in [5.41, 5.74) is 2.05. The molecule has 0 bridgehead atoms. The Kier molecular flexibility index (Phi) is 3.92.